The van der Waals surface area contributed by atoms with Crippen molar-refractivity contribution in [1.29, 1.82) is 0 Å². The fraction of sp³-hybridized carbons (Fsp3) is 0.235. The van der Waals surface area contributed by atoms with Gasteiger partial charge in [-0.1, -0.05) is 30.3 Å². The van der Waals surface area contributed by atoms with Crippen molar-refractivity contribution in [3.05, 3.63) is 73.6 Å². The van der Waals surface area contributed by atoms with Gasteiger partial charge in [0.2, 0.25) is 0 Å². The molecule has 1 N–H and O–H groups in total. The lowest BCUT2D eigenvalue weighted by Crippen LogP contribution is -2.43. The first kappa shape index (κ1) is 14.5. The van der Waals surface area contributed by atoms with Gasteiger partial charge in [-0.05, 0) is 5.56 Å². The van der Waals surface area contributed by atoms with Gasteiger partial charge < -0.3 is 10.1 Å². The number of benzene rings is 1. The summed E-state index contributed by atoms with van der Waals surface area (Å²) in [6.07, 6.45) is 0. The van der Waals surface area contributed by atoms with E-state index in [0.717, 1.165) is 10.1 Å². The third-order valence-electron chi connectivity index (χ3n) is 4.57. The van der Waals surface area contributed by atoms with Crippen LogP contribution in [0.2, 0.25) is 0 Å². The number of nitrogens with zero attached hydrogens (tertiary/aromatic N) is 2. The molecule has 0 aliphatic carbocycles. The van der Waals surface area contributed by atoms with Gasteiger partial charge in [0.15, 0.2) is 0 Å². The van der Waals surface area contributed by atoms with Crippen LogP contribution < -0.4 is 16.6 Å². The molecule has 1 aromatic carbocycles. The van der Waals surface area contributed by atoms with Crippen LogP contribution >= 0.6 is 0 Å². The summed E-state index contributed by atoms with van der Waals surface area (Å²) in [4.78, 5) is 37.3. The minimum Gasteiger partial charge on any atom is -0.456 e. The predicted molar refractivity (Wildman–Crippen MR) is 86.8 cm³/mol. The van der Waals surface area contributed by atoms with Gasteiger partial charge in [0.25, 0.3) is 5.56 Å². The molecule has 1 atom stereocenters. The Hall–Kier alpha value is -3.09. The van der Waals surface area contributed by atoms with Crippen LogP contribution in [-0.2, 0) is 23.6 Å². The van der Waals surface area contributed by atoms with Crippen molar-refractivity contribution in [2.24, 2.45) is 14.1 Å². The standard InChI is InChI=1S/C17H15N3O4/c1-19-14-13(15(21)20(2)17(19)23)11(9-6-4-3-5-7-9)12-10(18-14)8-24-16(12)22/h3-7,11,18H,8H2,1-2H3. The maximum atomic E-state index is 12.8. The van der Waals surface area contributed by atoms with Crippen molar-refractivity contribution >= 4 is 11.8 Å². The molecular weight excluding hydrogens is 310 g/mol. The molecule has 3 heterocycles. The highest BCUT2D eigenvalue weighted by atomic mass is 16.5. The number of hydrogen-bond donors (Lipinski definition) is 1. The quantitative estimate of drug-likeness (QED) is 0.770. The highest BCUT2D eigenvalue weighted by Crippen LogP contribution is 2.41. The van der Waals surface area contributed by atoms with Crippen LogP contribution in [0.1, 0.15) is 17.0 Å². The number of nitrogens with one attached hydrogen (secondary N) is 1. The lowest BCUT2D eigenvalue weighted by atomic mass is 9.83. The number of aromatic nitrogens is 2. The second-order valence-electron chi connectivity index (χ2n) is 5.91. The molecule has 24 heavy (non-hydrogen) atoms. The lowest BCUT2D eigenvalue weighted by Gasteiger charge is -2.28. The molecule has 7 heteroatoms. The molecule has 0 fully saturated rings. The van der Waals surface area contributed by atoms with Crippen LogP contribution in [0, 0.1) is 0 Å². The average molecular weight is 325 g/mol. The summed E-state index contributed by atoms with van der Waals surface area (Å²) in [6, 6.07) is 9.29. The van der Waals surface area contributed by atoms with E-state index in [1.54, 1.807) is 7.05 Å². The first-order valence-corrected chi connectivity index (χ1v) is 7.52. The van der Waals surface area contributed by atoms with Crippen LogP contribution in [-0.4, -0.2) is 21.7 Å². The topological polar surface area (TPSA) is 82.3 Å². The SMILES string of the molecule is Cn1c2c(c(=O)n(C)c1=O)C(c1ccccc1)C1=C(COC1=O)N2. The fourth-order valence-corrected chi connectivity index (χ4v) is 3.36. The summed E-state index contributed by atoms with van der Waals surface area (Å²) in [5.41, 5.74) is 1.38. The normalized spacial score (nSPS) is 18.8. The summed E-state index contributed by atoms with van der Waals surface area (Å²) in [5, 5.41) is 3.05. The van der Waals surface area contributed by atoms with Crippen molar-refractivity contribution in [3.8, 4) is 0 Å². The van der Waals surface area contributed by atoms with E-state index in [0.29, 0.717) is 22.7 Å². The molecule has 2 aliphatic heterocycles. The van der Waals surface area contributed by atoms with Crippen LogP contribution in [0.15, 0.2) is 51.2 Å². The zero-order chi connectivity index (χ0) is 17.0. The Morgan fingerprint density at radius 1 is 1.08 bits per heavy atom. The summed E-state index contributed by atoms with van der Waals surface area (Å²) < 4.78 is 7.60. The highest BCUT2D eigenvalue weighted by molar-refractivity contribution is 5.96. The van der Waals surface area contributed by atoms with Gasteiger partial charge in [0.05, 0.1) is 22.8 Å². The van der Waals surface area contributed by atoms with Crippen LogP contribution in [0.25, 0.3) is 0 Å². The van der Waals surface area contributed by atoms with Gasteiger partial charge in [0.1, 0.15) is 12.4 Å². The van der Waals surface area contributed by atoms with Gasteiger partial charge in [-0.2, -0.15) is 0 Å². The number of fused-ring (bicyclic) bond motifs is 1. The second-order valence-corrected chi connectivity index (χ2v) is 5.91. The molecule has 1 unspecified atom stereocenters. The van der Waals surface area contributed by atoms with Crippen LogP contribution in [0.3, 0.4) is 0 Å². The molecule has 122 valence electrons. The van der Waals surface area contributed by atoms with Crippen molar-refractivity contribution in [2.45, 2.75) is 5.92 Å². The second kappa shape index (κ2) is 4.95. The Bertz CT molecular complexity index is 1010. The first-order valence-electron chi connectivity index (χ1n) is 7.52. The van der Waals surface area contributed by atoms with Crippen molar-refractivity contribution < 1.29 is 9.53 Å². The number of ether oxygens (including phenoxy) is 1. The van der Waals surface area contributed by atoms with Gasteiger partial charge in [-0.25, -0.2) is 9.59 Å². The molecule has 0 amide bonds. The number of anilines is 1. The Morgan fingerprint density at radius 3 is 2.50 bits per heavy atom. The van der Waals surface area contributed by atoms with E-state index in [4.69, 9.17) is 4.74 Å². The zero-order valence-electron chi connectivity index (χ0n) is 13.2. The minimum absolute atomic E-state index is 0.111. The lowest BCUT2D eigenvalue weighted by molar-refractivity contribution is -0.136. The summed E-state index contributed by atoms with van der Waals surface area (Å²) >= 11 is 0. The number of cyclic esters (lactones) is 1. The predicted octanol–water partition coefficient (Wildman–Crippen LogP) is 0.452. The highest BCUT2D eigenvalue weighted by Gasteiger charge is 2.41. The number of hydrogen-bond acceptors (Lipinski definition) is 5. The average Bonchev–Trinajstić information content (AvgIpc) is 2.98. The van der Waals surface area contributed by atoms with Crippen LogP contribution in [0.4, 0.5) is 5.82 Å². The van der Waals surface area contributed by atoms with E-state index in [1.807, 2.05) is 30.3 Å². The van der Waals surface area contributed by atoms with E-state index in [1.165, 1.54) is 11.6 Å². The summed E-state index contributed by atoms with van der Waals surface area (Å²) in [6.45, 7) is 0.111. The summed E-state index contributed by atoms with van der Waals surface area (Å²) in [7, 11) is 3.03. The smallest absolute Gasteiger partial charge is 0.337 e. The molecule has 1 aromatic heterocycles. The van der Waals surface area contributed by atoms with E-state index in [-0.39, 0.29) is 6.61 Å². The Labute approximate surface area is 136 Å². The van der Waals surface area contributed by atoms with Crippen molar-refractivity contribution in [3.63, 3.8) is 0 Å². The molecule has 2 aromatic rings. The maximum absolute atomic E-state index is 12.8. The maximum Gasteiger partial charge on any atom is 0.337 e. The Morgan fingerprint density at radius 2 is 1.79 bits per heavy atom. The first-order chi connectivity index (χ1) is 11.5. The van der Waals surface area contributed by atoms with E-state index < -0.39 is 23.1 Å². The third-order valence-corrected chi connectivity index (χ3v) is 4.57. The molecule has 0 bridgehead atoms. The molecule has 0 radical (unpaired) electrons. The molecular formula is C17H15N3O4. The summed E-state index contributed by atoms with van der Waals surface area (Å²) in [5.74, 6) is -0.583. The van der Waals surface area contributed by atoms with Gasteiger partial charge >= 0.3 is 11.7 Å². The van der Waals surface area contributed by atoms with Crippen molar-refractivity contribution in [2.75, 3.05) is 11.9 Å². The fourth-order valence-electron chi connectivity index (χ4n) is 3.36. The van der Waals surface area contributed by atoms with E-state index in [9.17, 15) is 14.4 Å². The number of carbonyl (C=O) groups excluding carboxylic acids is 1. The largest absolute Gasteiger partial charge is 0.456 e. The molecule has 4 rings (SSSR count). The van der Waals surface area contributed by atoms with Crippen molar-refractivity contribution in [1.82, 2.24) is 9.13 Å². The Kier molecular flexibility index (Phi) is 2.99. The monoisotopic (exact) mass is 325 g/mol. The molecule has 0 spiro atoms. The third kappa shape index (κ3) is 1.81. The van der Waals surface area contributed by atoms with Gasteiger partial charge in [0, 0.05) is 14.1 Å². The van der Waals surface area contributed by atoms with Gasteiger partial charge in [-0.15, -0.1) is 0 Å². The molecule has 0 saturated heterocycles. The van der Waals surface area contributed by atoms with Gasteiger partial charge in [-0.3, -0.25) is 13.9 Å². The Balaban J connectivity index is 2.10. The van der Waals surface area contributed by atoms with E-state index in [2.05, 4.69) is 5.32 Å². The van der Waals surface area contributed by atoms with Crippen LogP contribution in [0.5, 0.6) is 0 Å². The molecule has 0 saturated carbocycles. The number of rotatable bonds is 1. The minimum atomic E-state index is -0.557. The number of carbonyl (C=O) groups is 1. The number of esters is 1. The van der Waals surface area contributed by atoms with E-state index >= 15 is 0 Å². The zero-order valence-corrected chi connectivity index (χ0v) is 13.2. The molecule has 2 aliphatic rings. The molecule has 7 nitrogen and oxygen atoms in total.